The highest BCUT2D eigenvalue weighted by molar-refractivity contribution is 5.48. The van der Waals surface area contributed by atoms with E-state index in [1.807, 2.05) is 6.20 Å². The molecular formula is C13H18N4O. The van der Waals surface area contributed by atoms with Gasteiger partial charge in [-0.2, -0.15) is 0 Å². The molecule has 0 radical (unpaired) electrons. The highest BCUT2D eigenvalue weighted by Crippen LogP contribution is 2.19. The van der Waals surface area contributed by atoms with Crippen LogP contribution >= 0.6 is 0 Å². The summed E-state index contributed by atoms with van der Waals surface area (Å²) in [6.45, 7) is 7.68. The standard InChI is InChI=1S/C13H18N4O/c1-10(2)11-3-4-17-12(9-14-13(17)15-11)16-5-7-18-8-6-16/h3-4,9-10H,5-8H2,1-2H3. The normalized spacial score (nSPS) is 16.7. The predicted molar refractivity (Wildman–Crippen MR) is 70.1 cm³/mol. The molecule has 0 aromatic carbocycles. The Morgan fingerprint density at radius 3 is 2.78 bits per heavy atom. The largest absolute Gasteiger partial charge is 0.378 e. The van der Waals surface area contributed by atoms with E-state index in [1.165, 1.54) is 0 Å². The summed E-state index contributed by atoms with van der Waals surface area (Å²) in [7, 11) is 0. The summed E-state index contributed by atoms with van der Waals surface area (Å²) < 4.78 is 7.43. The number of imidazole rings is 1. The molecule has 0 amide bonds. The van der Waals surface area contributed by atoms with Gasteiger partial charge in [-0.15, -0.1) is 0 Å². The Balaban J connectivity index is 1.98. The van der Waals surface area contributed by atoms with Crippen LogP contribution in [0.2, 0.25) is 0 Å². The third-order valence-corrected chi connectivity index (χ3v) is 3.31. The number of ether oxygens (including phenoxy) is 1. The van der Waals surface area contributed by atoms with E-state index < -0.39 is 0 Å². The second kappa shape index (κ2) is 4.57. The summed E-state index contributed by atoms with van der Waals surface area (Å²) in [5.41, 5.74) is 1.08. The van der Waals surface area contributed by atoms with Gasteiger partial charge in [0.05, 0.1) is 19.4 Å². The summed E-state index contributed by atoms with van der Waals surface area (Å²) in [6, 6.07) is 2.07. The number of morpholine rings is 1. The van der Waals surface area contributed by atoms with Crippen molar-refractivity contribution in [3.63, 3.8) is 0 Å². The number of fused-ring (bicyclic) bond motifs is 1. The summed E-state index contributed by atoms with van der Waals surface area (Å²) in [4.78, 5) is 11.3. The Labute approximate surface area is 106 Å². The molecule has 0 unspecified atom stereocenters. The van der Waals surface area contributed by atoms with E-state index >= 15 is 0 Å². The van der Waals surface area contributed by atoms with Crippen LogP contribution < -0.4 is 4.90 Å². The van der Waals surface area contributed by atoms with Crippen molar-refractivity contribution in [2.45, 2.75) is 19.8 Å². The van der Waals surface area contributed by atoms with Gasteiger partial charge >= 0.3 is 0 Å². The molecule has 0 saturated carbocycles. The zero-order chi connectivity index (χ0) is 12.5. The molecule has 3 rings (SSSR count). The summed E-state index contributed by atoms with van der Waals surface area (Å²) >= 11 is 0. The molecule has 5 nitrogen and oxygen atoms in total. The van der Waals surface area contributed by atoms with Gasteiger partial charge in [-0.3, -0.25) is 4.40 Å². The second-order valence-corrected chi connectivity index (χ2v) is 4.89. The van der Waals surface area contributed by atoms with Crippen LogP contribution in [0.25, 0.3) is 5.78 Å². The Morgan fingerprint density at radius 2 is 2.06 bits per heavy atom. The monoisotopic (exact) mass is 246 g/mol. The van der Waals surface area contributed by atoms with Crippen molar-refractivity contribution in [3.05, 3.63) is 24.2 Å². The first-order chi connectivity index (χ1) is 8.75. The van der Waals surface area contributed by atoms with Crippen LogP contribution in [0.4, 0.5) is 5.82 Å². The minimum absolute atomic E-state index is 0.429. The zero-order valence-electron chi connectivity index (χ0n) is 10.8. The molecule has 3 heterocycles. The summed E-state index contributed by atoms with van der Waals surface area (Å²) in [6.07, 6.45) is 3.97. The number of hydrogen-bond donors (Lipinski definition) is 0. The molecule has 2 aromatic rings. The van der Waals surface area contributed by atoms with Gasteiger partial charge in [0.25, 0.3) is 0 Å². The van der Waals surface area contributed by atoms with Gasteiger partial charge in [0.1, 0.15) is 5.82 Å². The number of aromatic nitrogens is 3. The molecule has 18 heavy (non-hydrogen) atoms. The van der Waals surface area contributed by atoms with Crippen molar-refractivity contribution >= 4 is 11.6 Å². The number of anilines is 1. The third-order valence-electron chi connectivity index (χ3n) is 3.31. The fraction of sp³-hybridized carbons (Fsp3) is 0.538. The number of rotatable bonds is 2. The highest BCUT2D eigenvalue weighted by atomic mass is 16.5. The van der Waals surface area contributed by atoms with Crippen LogP contribution in [0.5, 0.6) is 0 Å². The van der Waals surface area contributed by atoms with E-state index in [0.717, 1.165) is 43.6 Å². The topological polar surface area (TPSA) is 42.7 Å². The first-order valence-corrected chi connectivity index (χ1v) is 6.42. The maximum atomic E-state index is 5.37. The molecular weight excluding hydrogens is 228 g/mol. The van der Waals surface area contributed by atoms with E-state index in [-0.39, 0.29) is 0 Å². The SMILES string of the molecule is CC(C)c1ccn2c(N3CCOCC3)cnc2n1. The molecule has 96 valence electrons. The average Bonchev–Trinajstić information content (AvgIpc) is 2.82. The quantitative estimate of drug-likeness (QED) is 0.808. The van der Waals surface area contributed by atoms with Crippen molar-refractivity contribution in [1.82, 2.24) is 14.4 Å². The van der Waals surface area contributed by atoms with Gasteiger partial charge in [0.15, 0.2) is 0 Å². The van der Waals surface area contributed by atoms with Crippen molar-refractivity contribution in [2.75, 3.05) is 31.2 Å². The van der Waals surface area contributed by atoms with E-state index in [4.69, 9.17) is 4.74 Å². The Morgan fingerprint density at radius 1 is 1.28 bits per heavy atom. The van der Waals surface area contributed by atoms with Gasteiger partial charge in [0.2, 0.25) is 5.78 Å². The molecule has 1 fully saturated rings. The molecule has 2 aromatic heterocycles. The first-order valence-electron chi connectivity index (χ1n) is 6.42. The van der Waals surface area contributed by atoms with E-state index in [2.05, 4.69) is 45.4 Å². The van der Waals surface area contributed by atoms with Crippen LogP contribution in [0.3, 0.4) is 0 Å². The van der Waals surface area contributed by atoms with E-state index in [1.54, 1.807) is 0 Å². The van der Waals surface area contributed by atoms with E-state index in [9.17, 15) is 0 Å². The molecule has 0 atom stereocenters. The third kappa shape index (κ3) is 1.95. The molecule has 5 heteroatoms. The van der Waals surface area contributed by atoms with Crippen LogP contribution in [0.15, 0.2) is 18.5 Å². The number of hydrogen-bond acceptors (Lipinski definition) is 4. The molecule has 1 saturated heterocycles. The summed E-state index contributed by atoms with van der Waals surface area (Å²) in [5.74, 6) is 2.32. The Hall–Kier alpha value is -1.62. The van der Waals surface area contributed by atoms with Crippen LogP contribution in [0, 0.1) is 0 Å². The minimum Gasteiger partial charge on any atom is -0.378 e. The van der Waals surface area contributed by atoms with Crippen molar-refractivity contribution < 1.29 is 4.74 Å². The van der Waals surface area contributed by atoms with Gasteiger partial charge in [-0.1, -0.05) is 13.8 Å². The van der Waals surface area contributed by atoms with Gasteiger partial charge in [-0.05, 0) is 12.0 Å². The molecule has 1 aliphatic rings. The molecule has 0 aliphatic carbocycles. The second-order valence-electron chi connectivity index (χ2n) is 4.89. The van der Waals surface area contributed by atoms with Crippen molar-refractivity contribution in [1.29, 1.82) is 0 Å². The predicted octanol–water partition coefficient (Wildman–Crippen LogP) is 1.69. The lowest BCUT2D eigenvalue weighted by Crippen LogP contribution is -2.36. The van der Waals surface area contributed by atoms with Crippen LogP contribution in [-0.2, 0) is 4.74 Å². The minimum atomic E-state index is 0.429. The van der Waals surface area contributed by atoms with Crippen molar-refractivity contribution in [3.8, 4) is 0 Å². The van der Waals surface area contributed by atoms with E-state index in [0.29, 0.717) is 5.92 Å². The average molecular weight is 246 g/mol. The van der Waals surface area contributed by atoms with Crippen LogP contribution in [-0.4, -0.2) is 40.7 Å². The lowest BCUT2D eigenvalue weighted by atomic mass is 10.1. The van der Waals surface area contributed by atoms with Gasteiger partial charge in [0, 0.05) is 25.0 Å². The van der Waals surface area contributed by atoms with Gasteiger partial charge < -0.3 is 9.64 Å². The lowest BCUT2D eigenvalue weighted by Gasteiger charge is -2.27. The fourth-order valence-electron chi connectivity index (χ4n) is 2.22. The fourth-order valence-corrected chi connectivity index (χ4v) is 2.22. The summed E-state index contributed by atoms with van der Waals surface area (Å²) in [5, 5.41) is 0. The Kier molecular flexibility index (Phi) is 2.91. The molecule has 0 bridgehead atoms. The molecule has 1 aliphatic heterocycles. The van der Waals surface area contributed by atoms with Crippen LogP contribution in [0.1, 0.15) is 25.5 Å². The molecule has 0 N–H and O–H groups in total. The Bertz CT molecular complexity index is 543. The zero-order valence-corrected chi connectivity index (χ0v) is 10.8. The lowest BCUT2D eigenvalue weighted by molar-refractivity contribution is 0.122. The van der Waals surface area contributed by atoms with Gasteiger partial charge in [-0.25, -0.2) is 9.97 Å². The maximum Gasteiger partial charge on any atom is 0.235 e. The smallest absolute Gasteiger partial charge is 0.235 e. The molecule has 0 spiro atoms. The first kappa shape index (κ1) is 11.5. The van der Waals surface area contributed by atoms with Crippen molar-refractivity contribution in [2.24, 2.45) is 0 Å². The number of nitrogens with zero attached hydrogens (tertiary/aromatic N) is 4. The maximum absolute atomic E-state index is 5.37. The highest BCUT2D eigenvalue weighted by Gasteiger charge is 2.16.